The van der Waals surface area contributed by atoms with Crippen molar-refractivity contribution in [1.82, 2.24) is 4.98 Å². The summed E-state index contributed by atoms with van der Waals surface area (Å²) in [5.74, 6) is 1.21. The Morgan fingerprint density at radius 3 is 2.00 bits per heavy atom. The highest BCUT2D eigenvalue weighted by Crippen LogP contribution is 2.20. The summed E-state index contributed by atoms with van der Waals surface area (Å²) in [5, 5.41) is 0. The van der Waals surface area contributed by atoms with Crippen LogP contribution in [-0.4, -0.2) is 23.5 Å². The maximum absolute atomic E-state index is 10.7. The Bertz CT molecular complexity index is 465. The molecule has 0 unspecified atom stereocenters. The van der Waals surface area contributed by atoms with Gasteiger partial charge in [0.2, 0.25) is 0 Å². The minimum atomic E-state index is -6.09. The van der Waals surface area contributed by atoms with Crippen molar-refractivity contribution in [3.63, 3.8) is 0 Å². The first-order valence-electron chi connectivity index (χ1n) is 4.55. The molecule has 0 spiro atoms. The number of nitrogens with one attached hydrogen (secondary N) is 1. The van der Waals surface area contributed by atoms with Crippen LogP contribution >= 0.6 is 0 Å². The zero-order valence-corrected chi connectivity index (χ0v) is 10.3. The zero-order chi connectivity index (χ0) is 13.9. The number of halogens is 3. The van der Waals surface area contributed by atoms with Crippen molar-refractivity contribution in [2.75, 3.05) is 0 Å². The number of aryl methyl sites for hydroxylation is 2. The fourth-order valence-electron chi connectivity index (χ4n) is 0.936. The largest absolute Gasteiger partial charge is 0.741 e. The number of imidazole rings is 1. The first-order chi connectivity index (χ1) is 7.50. The van der Waals surface area contributed by atoms with E-state index in [-0.39, 0.29) is 0 Å². The van der Waals surface area contributed by atoms with E-state index in [1.807, 2.05) is 0 Å². The van der Waals surface area contributed by atoms with Crippen LogP contribution in [0.5, 0.6) is 0 Å². The van der Waals surface area contributed by atoms with Crippen molar-refractivity contribution < 1.29 is 30.7 Å². The van der Waals surface area contributed by atoms with Gasteiger partial charge in [-0.2, -0.15) is 13.2 Å². The van der Waals surface area contributed by atoms with Gasteiger partial charge in [-0.05, 0) is 0 Å². The molecule has 0 amide bonds. The van der Waals surface area contributed by atoms with Gasteiger partial charge in [0.1, 0.15) is 11.9 Å². The average molecular weight is 274 g/mol. The van der Waals surface area contributed by atoms with Crippen molar-refractivity contribution in [3.8, 4) is 0 Å². The van der Waals surface area contributed by atoms with E-state index in [4.69, 9.17) is 13.0 Å². The molecule has 0 radical (unpaired) electrons. The molecular formula is C8H13F3N2O3S. The molecule has 0 aliphatic heterocycles. The summed E-state index contributed by atoms with van der Waals surface area (Å²) >= 11 is 0. The Labute approximate surface area is 97.0 Å². The minimum Gasteiger partial charge on any atom is -0.741 e. The topological polar surface area (TPSA) is 76.9 Å². The highest BCUT2D eigenvalue weighted by atomic mass is 32.2. The number of alkyl halides is 3. The van der Waals surface area contributed by atoms with Crippen molar-refractivity contribution in [3.05, 3.63) is 17.7 Å². The summed E-state index contributed by atoms with van der Waals surface area (Å²) < 4.78 is 61.1. The van der Waals surface area contributed by atoms with Gasteiger partial charge < -0.3 is 4.55 Å². The van der Waals surface area contributed by atoms with Gasteiger partial charge in [0.05, 0.1) is 7.05 Å². The van der Waals surface area contributed by atoms with Crippen LogP contribution < -0.4 is 4.57 Å². The molecule has 5 nitrogen and oxygen atoms in total. The highest BCUT2D eigenvalue weighted by molar-refractivity contribution is 7.86. The van der Waals surface area contributed by atoms with Crippen LogP contribution in [0.25, 0.3) is 0 Å². The third-order valence-corrected chi connectivity index (χ3v) is 2.59. The minimum absolute atomic E-state index is 1.10. The highest BCUT2D eigenvalue weighted by Gasteiger charge is 2.36. The lowest BCUT2D eigenvalue weighted by Gasteiger charge is -2.08. The number of hydrogen-bond donors (Lipinski definition) is 1. The molecule has 1 aromatic rings. The van der Waals surface area contributed by atoms with Crippen LogP contribution in [0.1, 0.15) is 18.4 Å². The van der Waals surface area contributed by atoms with Gasteiger partial charge in [0, 0.05) is 13.3 Å². The second-order valence-corrected chi connectivity index (χ2v) is 4.55. The molecule has 100 valence electrons. The zero-order valence-electron chi connectivity index (χ0n) is 9.50. The maximum Gasteiger partial charge on any atom is 0.485 e. The number of aromatic nitrogens is 2. The van der Waals surface area contributed by atoms with E-state index in [0.717, 1.165) is 6.42 Å². The van der Waals surface area contributed by atoms with Gasteiger partial charge in [-0.3, -0.25) is 0 Å². The molecule has 0 aliphatic rings. The van der Waals surface area contributed by atoms with Gasteiger partial charge >= 0.3 is 5.51 Å². The lowest BCUT2D eigenvalue weighted by atomic mass is 10.4. The molecule has 1 heterocycles. The molecule has 0 atom stereocenters. The lowest BCUT2D eigenvalue weighted by molar-refractivity contribution is -0.683. The van der Waals surface area contributed by atoms with Crippen LogP contribution in [0.15, 0.2) is 6.20 Å². The Hall–Kier alpha value is -1.09. The van der Waals surface area contributed by atoms with Gasteiger partial charge in [-0.25, -0.2) is 18.0 Å². The fourth-order valence-corrected chi connectivity index (χ4v) is 0.936. The lowest BCUT2D eigenvalue weighted by Crippen LogP contribution is -2.33. The van der Waals surface area contributed by atoms with E-state index in [1.165, 1.54) is 11.5 Å². The number of H-pyrrole nitrogens is 1. The average Bonchev–Trinajstić information content (AvgIpc) is 2.45. The molecule has 0 saturated heterocycles. The molecule has 0 aromatic carbocycles. The summed E-state index contributed by atoms with van der Waals surface area (Å²) in [5.41, 5.74) is -4.29. The van der Waals surface area contributed by atoms with E-state index >= 15 is 0 Å². The van der Waals surface area contributed by atoms with E-state index in [0.29, 0.717) is 0 Å². The first-order valence-corrected chi connectivity index (χ1v) is 5.96. The summed E-state index contributed by atoms with van der Waals surface area (Å²) in [6, 6.07) is 0. The molecule has 0 fully saturated rings. The van der Waals surface area contributed by atoms with E-state index in [1.54, 1.807) is 0 Å². The quantitative estimate of drug-likeness (QED) is 0.466. The predicted molar refractivity (Wildman–Crippen MR) is 51.8 cm³/mol. The van der Waals surface area contributed by atoms with Crippen molar-refractivity contribution in [1.29, 1.82) is 0 Å². The van der Waals surface area contributed by atoms with Crippen molar-refractivity contribution in [2.24, 2.45) is 7.05 Å². The Balaban J connectivity index is 0.000000304. The van der Waals surface area contributed by atoms with Crippen LogP contribution in [-0.2, 0) is 23.6 Å². The Kier molecular flexibility index (Phi) is 5.14. The number of hydrogen-bond acceptors (Lipinski definition) is 3. The molecular weight excluding hydrogens is 261 g/mol. The molecule has 1 N–H and O–H groups in total. The van der Waals surface area contributed by atoms with Gasteiger partial charge in [-0.1, -0.05) is 6.92 Å². The Morgan fingerprint density at radius 1 is 1.47 bits per heavy atom. The number of nitrogens with zero attached hydrogens (tertiary/aromatic N) is 1. The fraction of sp³-hybridized carbons (Fsp3) is 0.625. The van der Waals surface area contributed by atoms with Crippen LogP contribution in [0.3, 0.4) is 0 Å². The molecule has 0 saturated carbocycles. The van der Waals surface area contributed by atoms with Crippen LogP contribution in [0, 0.1) is 6.92 Å². The molecule has 17 heavy (non-hydrogen) atoms. The third kappa shape index (κ3) is 4.73. The predicted octanol–water partition coefficient (Wildman–Crippen LogP) is 0.761. The van der Waals surface area contributed by atoms with E-state index in [2.05, 4.69) is 36.6 Å². The van der Waals surface area contributed by atoms with E-state index in [9.17, 15) is 13.2 Å². The number of aromatic amines is 1. The molecule has 9 heteroatoms. The molecule has 0 aliphatic carbocycles. The third-order valence-electron chi connectivity index (χ3n) is 2.03. The molecule has 1 rings (SSSR count). The molecule has 1 aromatic heterocycles. The second kappa shape index (κ2) is 5.50. The monoisotopic (exact) mass is 274 g/mol. The number of rotatable bonds is 1. The van der Waals surface area contributed by atoms with Gasteiger partial charge in [0.15, 0.2) is 10.1 Å². The summed E-state index contributed by atoms with van der Waals surface area (Å²) in [6.45, 7) is 4.22. The maximum atomic E-state index is 10.7. The smallest absolute Gasteiger partial charge is 0.485 e. The normalized spacial score (nSPS) is 11.9. The summed E-state index contributed by atoms with van der Waals surface area (Å²) in [6.07, 6.45) is 3.15. The standard InChI is InChI=1S/C7H12N2.CHF3O3S/c1-4-7-5-8-6(2)9(7)3;2-1(3,4)8(5,6)7/h5H,4H2,1-3H3;(H,5,6,7). The van der Waals surface area contributed by atoms with Crippen LogP contribution in [0.2, 0.25) is 0 Å². The van der Waals surface area contributed by atoms with Gasteiger partial charge in [-0.15, -0.1) is 0 Å². The Morgan fingerprint density at radius 2 is 1.88 bits per heavy atom. The molecule has 0 bridgehead atoms. The van der Waals surface area contributed by atoms with Crippen molar-refractivity contribution in [2.45, 2.75) is 25.8 Å². The second-order valence-electron chi connectivity index (χ2n) is 3.18. The first kappa shape index (κ1) is 15.9. The van der Waals surface area contributed by atoms with Crippen LogP contribution in [0.4, 0.5) is 13.2 Å². The summed E-state index contributed by atoms with van der Waals surface area (Å²) in [4.78, 5) is 3.15. The van der Waals surface area contributed by atoms with E-state index < -0.39 is 15.6 Å². The SMILES string of the molecule is CCc1c[nH]c(C)[n+]1C.O=S(=O)([O-])C(F)(F)F. The summed E-state index contributed by atoms with van der Waals surface area (Å²) in [7, 11) is -4.02. The van der Waals surface area contributed by atoms with Gasteiger partial charge in [0.25, 0.3) is 5.82 Å². The van der Waals surface area contributed by atoms with Crippen molar-refractivity contribution >= 4 is 10.1 Å².